The molecule has 0 saturated carbocycles. The van der Waals surface area contributed by atoms with E-state index in [1.54, 1.807) is 24.3 Å². The molecule has 24 heavy (non-hydrogen) atoms. The number of carboxylic acid groups (broad SMARTS) is 1. The molecule has 0 atom stereocenters. The van der Waals surface area contributed by atoms with Gasteiger partial charge >= 0.3 is 5.97 Å². The van der Waals surface area contributed by atoms with Gasteiger partial charge in [-0.3, -0.25) is 0 Å². The number of methoxy groups -OCH3 is 1. The largest absolute Gasteiger partial charge is 0.495 e. The van der Waals surface area contributed by atoms with Crippen molar-refractivity contribution in [2.24, 2.45) is 0 Å². The van der Waals surface area contributed by atoms with E-state index >= 15 is 0 Å². The molecule has 0 aliphatic carbocycles. The van der Waals surface area contributed by atoms with E-state index in [-0.39, 0.29) is 5.57 Å². The van der Waals surface area contributed by atoms with Gasteiger partial charge in [0, 0.05) is 0 Å². The SMILES string of the molecule is CCCOc1cccc(/C=C(\C(=O)O)c2ccc(OC)c(Cl)c2)c1. The first-order valence-corrected chi connectivity index (χ1v) is 7.94. The van der Waals surface area contributed by atoms with Gasteiger partial charge in [0.2, 0.25) is 0 Å². The van der Waals surface area contributed by atoms with E-state index < -0.39 is 5.97 Å². The van der Waals surface area contributed by atoms with Crippen LogP contribution in [-0.2, 0) is 4.79 Å². The number of hydrogen-bond acceptors (Lipinski definition) is 3. The van der Waals surface area contributed by atoms with Gasteiger partial charge in [-0.25, -0.2) is 4.79 Å². The highest BCUT2D eigenvalue weighted by atomic mass is 35.5. The number of hydrogen-bond donors (Lipinski definition) is 1. The summed E-state index contributed by atoms with van der Waals surface area (Å²) in [4.78, 5) is 11.7. The minimum Gasteiger partial charge on any atom is -0.495 e. The van der Waals surface area contributed by atoms with Crippen molar-refractivity contribution in [3.8, 4) is 11.5 Å². The van der Waals surface area contributed by atoms with Gasteiger partial charge in [0.1, 0.15) is 11.5 Å². The third-order valence-electron chi connectivity index (χ3n) is 3.34. The van der Waals surface area contributed by atoms with E-state index in [4.69, 9.17) is 21.1 Å². The molecule has 2 aromatic carbocycles. The van der Waals surface area contributed by atoms with E-state index in [2.05, 4.69) is 0 Å². The summed E-state index contributed by atoms with van der Waals surface area (Å²) in [6, 6.07) is 12.2. The van der Waals surface area contributed by atoms with E-state index in [0.717, 1.165) is 12.0 Å². The summed E-state index contributed by atoms with van der Waals surface area (Å²) in [5.41, 5.74) is 1.40. The molecule has 0 fully saturated rings. The molecule has 0 heterocycles. The van der Waals surface area contributed by atoms with Crippen LogP contribution in [0.25, 0.3) is 11.6 Å². The smallest absolute Gasteiger partial charge is 0.336 e. The van der Waals surface area contributed by atoms with Gasteiger partial charge < -0.3 is 14.6 Å². The number of carbonyl (C=O) groups is 1. The second-order valence-electron chi connectivity index (χ2n) is 5.13. The minimum atomic E-state index is -1.03. The number of rotatable bonds is 7. The molecule has 0 aromatic heterocycles. The maximum absolute atomic E-state index is 11.7. The lowest BCUT2D eigenvalue weighted by Crippen LogP contribution is -2.00. The molecule has 0 spiro atoms. The molecule has 1 N–H and O–H groups in total. The van der Waals surface area contributed by atoms with Crippen LogP contribution in [0.15, 0.2) is 42.5 Å². The Kier molecular flexibility index (Phi) is 6.27. The lowest BCUT2D eigenvalue weighted by atomic mass is 10.0. The molecule has 0 aliphatic heterocycles. The van der Waals surface area contributed by atoms with Crippen molar-refractivity contribution in [3.63, 3.8) is 0 Å². The predicted octanol–water partition coefficient (Wildman–Crippen LogP) is 4.76. The highest BCUT2D eigenvalue weighted by molar-refractivity contribution is 6.32. The number of aliphatic carboxylic acids is 1. The summed E-state index contributed by atoms with van der Waals surface area (Å²) in [5.74, 6) is 0.180. The van der Waals surface area contributed by atoms with Crippen LogP contribution in [0.4, 0.5) is 0 Å². The van der Waals surface area contributed by atoms with Crippen LogP contribution < -0.4 is 9.47 Å². The lowest BCUT2D eigenvalue weighted by Gasteiger charge is -2.08. The van der Waals surface area contributed by atoms with Gasteiger partial charge in [-0.05, 0) is 47.9 Å². The van der Waals surface area contributed by atoms with Gasteiger partial charge in [-0.2, -0.15) is 0 Å². The van der Waals surface area contributed by atoms with Crippen molar-refractivity contribution in [2.75, 3.05) is 13.7 Å². The Balaban J connectivity index is 2.38. The molecule has 0 radical (unpaired) electrons. The third-order valence-corrected chi connectivity index (χ3v) is 3.63. The van der Waals surface area contributed by atoms with Crippen molar-refractivity contribution in [3.05, 3.63) is 58.6 Å². The van der Waals surface area contributed by atoms with Crippen LogP contribution in [0.3, 0.4) is 0 Å². The number of ether oxygens (including phenoxy) is 2. The Bertz CT molecular complexity index is 753. The molecule has 2 aromatic rings. The van der Waals surface area contributed by atoms with Crippen molar-refractivity contribution < 1.29 is 19.4 Å². The lowest BCUT2D eigenvalue weighted by molar-refractivity contribution is -0.130. The molecule has 0 aliphatic rings. The van der Waals surface area contributed by atoms with Crippen LogP contribution in [0.2, 0.25) is 5.02 Å². The molecule has 126 valence electrons. The Morgan fingerprint density at radius 3 is 2.67 bits per heavy atom. The summed E-state index contributed by atoms with van der Waals surface area (Å²) in [5, 5.41) is 9.91. The van der Waals surface area contributed by atoms with E-state index in [9.17, 15) is 9.90 Å². The van der Waals surface area contributed by atoms with E-state index in [1.165, 1.54) is 7.11 Å². The Morgan fingerprint density at radius 1 is 1.25 bits per heavy atom. The second-order valence-corrected chi connectivity index (χ2v) is 5.54. The Morgan fingerprint density at radius 2 is 2.04 bits per heavy atom. The first-order valence-electron chi connectivity index (χ1n) is 7.57. The average molecular weight is 347 g/mol. The van der Waals surface area contributed by atoms with Crippen molar-refractivity contribution in [1.29, 1.82) is 0 Å². The summed E-state index contributed by atoms with van der Waals surface area (Å²) in [6.45, 7) is 2.65. The molecule has 4 nitrogen and oxygen atoms in total. The normalized spacial score (nSPS) is 11.2. The molecule has 5 heteroatoms. The second kappa shape index (κ2) is 8.41. The van der Waals surface area contributed by atoms with Crippen molar-refractivity contribution in [1.82, 2.24) is 0 Å². The quantitative estimate of drug-likeness (QED) is 0.580. The van der Waals surface area contributed by atoms with Crippen molar-refractivity contribution in [2.45, 2.75) is 13.3 Å². The van der Waals surface area contributed by atoms with Crippen LogP contribution in [0.1, 0.15) is 24.5 Å². The highest BCUT2D eigenvalue weighted by Crippen LogP contribution is 2.29. The van der Waals surface area contributed by atoms with Gasteiger partial charge in [-0.15, -0.1) is 0 Å². The topological polar surface area (TPSA) is 55.8 Å². The minimum absolute atomic E-state index is 0.146. The summed E-state index contributed by atoms with van der Waals surface area (Å²) in [6.07, 6.45) is 2.50. The number of benzene rings is 2. The maximum atomic E-state index is 11.7. The standard InChI is InChI=1S/C19H19ClO4/c1-3-9-24-15-6-4-5-13(10-15)11-16(19(21)22)14-7-8-18(23-2)17(20)12-14/h4-8,10-12H,3,9H2,1-2H3,(H,21,22)/b16-11-. The molecule has 0 unspecified atom stereocenters. The third kappa shape index (κ3) is 4.52. The molecule has 2 rings (SSSR count). The molecule has 0 amide bonds. The van der Waals surface area contributed by atoms with E-state index in [0.29, 0.717) is 28.7 Å². The number of halogens is 1. The zero-order valence-electron chi connectivity index (χ0n) is 13.6. The molecular weight excluding hydrogens is 328 g/mol. The summed E-state index contributed by atoms with van der Waals surface area (Å²) < 4.78 is 10.7. The highest BCUT2D eigenvalue weighted by Gasteiger charge is 2.13. The molecule has 0 bridgehead atoms. The fourth-order valence-corrected chi connectivity index (χ4v) is 2.44. The summed E-state index contributed by atoms with van der Waals surface area (Å²) in [7, 11) is 1.51. The monoisotopic (exact) mass is 346 g/mol. The zero-order chi connectivity index (χ0) is 17.5. The first kappa shape index (κ1) is 17.9. The van der Waals surface area contributed by atoms with Crippen molar-refractivity contribution >= 4 is 29.2 Å². The van der Waals surface area contributed by atoms with Gasteiger partial charge in [0.05, 0.1) is 24.3 Å². The Labute approximate surface area is 146 Å². The fourth-order valence-electron chi connectivity index (χ4n) is 2.18. The summed E-state index contributed by atoms with van der Waals surface area (Å²) >= 11 is 6.10. The fraction of sp³-hybridized carbons (Fsp3) is 0.211. The van der Waals surface area contributed by atoms with Crippen LogP contribution in [0.5, 0.6) is 11.5 Å². The zero-order valence-corrected chi connectivity index (χ0v) is 14.3. The van der Waals surface area contributed by atoms with Gasteiger partial charge in [0.15, 0.2) is 0 Å². The van der Waals surface area contributed by atoms with Crippen LogP contribution >= 0.6 is 11.6 Å². The van der Waals surface area contributed by atoms with E-state index in [1.807, 2.05) is 31.2 Å². The van der Waals surface area contributed by atoms with Crippen LogP contribution in [0, 0.1) is 0 Å². The Hall–Kier alpha value is -2.46. The van der Waals surface area contributed by atoms with Gasteiger partial charge in [-0.1, -0.05) is 36.7 Å². The van der Waals surface area contributed by atoms with Gasteiger partial charge in [0.25, 0.3) is 0 Å². The average Bonchev–Trinajstić information content (AvgIpc) is 2.58. The predicted molar refractivity (Wildman–Crippen MR) is 95.7 cm³/mol. The molecule has 0 saturated heterocycles. The number of carboxylic acids is 1. The van der Waals surface area contributed by atoms with Crippen LogP contribution in [-0.4, -0.2) is 24.8 Å². The first-order chi connectivity index (χ1) is 11.5. The molecular formula is C19H19ClO4. The maximum Gasteiger partial charge on any atom is 0.336 e.